The molecule has 4 heterocycles. The standard InChI is InChI=1S/C36H40F6N4O4/c1-22-16-23(19-45-12-8-25(9-13-45)35(37,38)39)18-43-31(22)29-7-3-5-27-24(4-2-6-28(27)29)17-30(32(47)48)44-33(49)34(36(40,41)42)10-14-46(15-11-34)26-20-50-21-26/h2-7,16,18,25-26,30H,8-15,17,19-21H2,1H3,(H,44,49)(H,47,48)/t30-/m0/s1. The number of aromatic nitrogens is 1. The molecule has 3 aromatic rings. The number of benzene rings is 2. The first-order valence-corrected chi connectivity index (χ1v) is 16.8. The Morgan fingerprint density at radius 3 is 2.24 bits per heavy atom. The van der Waals surface area contributed by atoms with Gasteiger partial charge in [0, 0.05) is 24.7 Å². The van der Waals surface area contributed by atoms with E-state index in [4.69, 9.17) is 9.72 Å². The van der Waals surface area contributed by atoms with Crippen LogP contribution in [0.4, 0.5) is 26.3 Å². The van der Waals surface area contributed by atoms with Gasteiger partial charge in [-0.3, -0.25) is 19.6 Å². The number of aliphatic carboxylic acids is 1. The Morgan fingerprint density at radius 1 is 1.00 bits per heavy atom. The first-order valence-electron chi connectivity index (χ1n) is 16.8. The third-order valence-corrected chi connectivity index (χ3v) is 10.7. The number of nitrogens with one attached hydrogen (secondary N) is 1. The molecule has 1 aromatic heterocycles. The number of piperidine rings is 2. The zero-order valence-corrected chi connectivity index (χ0v) is 27.6. The molecule has 0 bridgehead atoms. The summed E-state index contributed by atoms with van der Waals surface area (Å²) in [6.45, 7) is 4.05. The SMILES string of the molecule is Cc1cc(CN2CCC(C(F)(F)F)CC2)cnc1-c1cccc2c(C[C@H](NC(=O)C3(C(F)(F)F)CCN(C4COC4)CC3)C(=O)O)cccc12. The van der Waals surface area contributed by atoms with E-state index in [1.54, 1.807) is 30.5 Å². The van der Waals surface area contributed by atoms with Gasteiger partial charge in [0.1, 0.15) is 11.5 Å². The van der Waals surface area contributed by atoms with E-state index < -0.39 is 54.4 Å². The fourth-order valence-electron chi connectivity index (χ4n) is 7.50. The van der Waals surface area contributed by atoms with Crippen LogP contribution in [0, 0.1) is 18.3 Å². The van der Waals surface area contributed by atoms with Crippen LogP contribution in [0.15, 0.2) is 48.7 Å². The van der Waals surface area contributed by atoms with Crippen molar-refractivity contribution in [3.05, 3.63) is 65.4 Å². The van der Waals surface area contributed by atoms with Crippen LogP contribution in [-0.2, 0) is 27.3 Å². The van der Waals surface area contributed by atoms with Crippen molar-refractivity contribution in [2.24, 2.45) is 11.3 Å². The van der Waals surface area contributed by atoms with E-state index >= 15 is 0 Å². The molecular weight excluding hydrogens is 666 g/mol. The molecule has 0 aliphatic carbocycles. The number of rotatable bonds is 9. The molecule has 0 radical (unpaired) electrons. The second-order valence-electron chi connectivity index (χ2n) is 13.8. The number of carboxylic acid groups (broad SMARTS) is 1. The molecule has 50 heavy (non-hydrogen) atoms. The summed E-state index contributed by atoms with van der Waals surface area (Å²) in [5.74, 6) is -4.04. The Bertz CT molecular complexity index is 1710. The summed E-state index contributed by atoms with van der Waals surface area (Å²) in [6, 6.07) is 11.1. The van der Waals surface area contributed by atoms with Gasteiger partial charge < -0.3 is 15.2 Å². The monoisotopic (exact) mass is 706 g/mol. The number of carboxylic acids is 1. The Labute approximate surface area is 285 Å². The lowest BCUT2D eigenvalue weighted by Crippen LogP contribution is -2.61. The highest BCUT2D eigenvalue weighted by Gasteiger charge is 2.61. The first-order chi connectivity index (χ1) is 23.7. The van der Waals surface area contributed by atoms with Crippen LogP contribution in [0.2, 0.25) is 0 Å². The van der Waals surface area contributed by atoms with Gasteiger partial charge in [-0.15, -0.1) is 0 Å². The second kappa shape index (κ2) is 14.1. The Balaban J connectivity index is 1.19. The molecule has 1 amide bonds. The minimum atomic E-state index is -4.86. The zero-order chi connectivity index (χ0) is 35.8. The highest BCUT2D eigenvalue weighted by Crippen LogP contribution is 2.47. The maximum Gasteiger partial charge on any atom is 0.403 e. The molecule has 0 spiro atoms. The predicted molar refractivity (Wildman–Crippen MR) is 173 cm³/mol. The van der Waals surface area contributed by atoms with Crippen molar-refractivity contribution in [3.8, 4) is 11.3 Å². The lowest BCUT2D eigenvalue weighted by Gasteiger charge is -2.46. The fourth-order valence-corrected chi connectivity index (χ4v) is 7.50. The van der Waals surface area contributed by atoms with E-state index in [0.717, 1.165) is 22.1 Å². The number of ether oxygens (including phenoxy) is 1. The number of halogens is 6. The van der Waals surface area contributed by atoms with Crippen LogP contribution >= 0.6 is 0 Å². The van der Waals surface area contributed by atoms with Gasteiger partial charge in [0.25, 0.3) is 0 Å². The number of carbonyl (C=O) groups excluding carboxylic acids is 1. The van der Waals surface area contributed by atoms with E-state index in [1.807, 2.05) is 34.9 Å². The largest absolute Gasteiger partial charge is 0.480 e. The van der Waals surface area contributed by atoms with Gasteiger partial charge in [-0.05, 0) is 86.2 Å². The number of hydrogen-bond donors (Lipinski definition) is 2. The second-order valence-corrected chi connectivity index (χ2v) is 13.8. The molecule has 270 valence electrons. The lowest BCUT2D eigenvalue weighted by molar-refractivity contribution is -0.236. The minimum Gasteiger partial charge on any atom is -0.480 e. The topological polar surface area (TPSA) is 95.0 Å². The number of likely N-dealkylation sites (tertiary alicyclic amines) is 2. The van der Waals surface area contributed by atoms with E-state index in [9.17, 15) is 41.0 Å². The van der Waals surface area contributed by atoms with Crippen molar-refractivity contribution in [1.29, 1.82) is 0 Å². The molecule has 14 heteroatoms. The molecule has 6 rings (SSSR count). The number of amides is 1. The molecule has 8 nitrogen and oxygen atoms in total. The number of pyridine rings is 1. The summed E-state index contributed by atoms with van der Waals surface area (Å²) in [5, 5.41) is 13.7. The van der Waals surface area contributed by atoms with Gasteiger partial charge in [0.15, 0.2) is 0 Å². The third kappa shape index (κ3) is 7.33. The smallest absolute Gasteiger partial charge is 0.403 e. The van der Waals surface area contributed by atoms with Gasteiger partial charge in [-0.2, -0.15) is 26.3 Å². The zero-order valence-electron chi connectivity index (χ0n) is 27.6. The summed E-state index contributed by atoms with van der Waals surface area (Å²) in [4.78, 5) is 34.4. The van der Waals surface area contributed by atoms with Crippen LogP contribution in [0.3, 0.4) is 0 Å². The molecule has 0 saturated carbocycles. The number of fused-ring (bicyclic) bond motifs is 1. The van der Waals surface area contributed by atoms with Crippen molar-refractivity contribution in [1.82, 2.24) is 20.1 Å². The number of hydrogen-bond acceptors (Lipinski definition) is 6. The van der Waals surface area contributed by atoms with Crippen molar-refractivity contribution in [2.45, 2.75) is 70.0 Å². The molecule has 3 saturated heterocycles. The van der Waals surface area contributed by atoms with Crippen LogP contribution in [-0.4, -0.2) is 95.6 Å². The van der Waals surface area contributed by atoms with E-state index in [1.165, 1.54) is 0 Å². The first kappa shape index (κ1) is 36.1. The number of aryl methyl sites for hydroxylation is 1. The maximum absolute atomic E-state index is 14.5. The average Bonchev–Trinajstić information content (AvgIpc) is 3.03. The van der Waals surface area contributed by atoms with Crippen molar-refractivity contribution < 1.29 is 45.8 Å². The van der Waals surface area contributed by atoms with E-state index in [2.05, 4.69) is 5.32 Å². The molecule has 2 aromatic carbocycles. The summed E-state index contributed by atoms with van der Waals surface area (Å²) < 4.78 is 87.9. The third-order valence-electron chi connectivity index (χ3n) is 10.7. The molecule has 3 aliphatic rings. The van der Waals surface area contributed by atoms with Gasteiger partial charge in [0.2, 0.25) is 5.91 Å². The predicted octanol–water partition coefficient (Wildman–Crippen LogP) is 6.14. The number of alkyl halides is 6. The Kier molecular flexibility index (Phi) is 10.2. The maximum atomic E-state index is 14.5. The summed E-state index contributed by atoms with van der Waals surface area (Å²) >= 11 is 0. The van der Waals surface area contributed by atoms with Crippen LogP contribution < -0.4 is 5.32 Å². The van der Waals surface area contributed by atoms with E-state index in [0.29, 0.717) is 49.5 Å². The summed E-state index contributed by atoms with van der Waals surface area (Å²) in [7, 11) is 0. The minimum absolute atomic E-state index is 0.0295. The Morgan fingerprint density at radius 2 is 1.66 bits per heavy atom. The van der Waals surface area contributed by atoms with Crippen LogP contribution in [0.25, 0.3) is 22.0 Å². The quantitative estimate of drug-likeness (QED) is 0.259. The van der Waals surface area contributed by atoms with E-state index in [-0.39, 0.29) is 38.4 Å². The van der Waals surface area contributed by atoms with Crippen molar-refractivity contribution in [2.75, 3.05) is 39.4 Å². The fraction of sp³-hybridized carbons (Fsp3) is 0.528. The van der Waals surface area contributed by atoms with Crippen molar-refractivity contribution in [3.63, 3.8) is 0 Å². The van der Waals surface area contributed by atoms with Gasteiger partial charge in [-0.25, -0.2) is 4.79 Å². The normalized spacial score (nSPS) is 20.4. The number of nitrogens with zero attached hydrogens (tertiary/aromatic N) is 3. The highest BCUT2D eigenvalue weighted by molar-refractivity contribution is 5.98. The van der Waals surface area contributed by atoms with Crippen LogP contribution in [0.5, 0.6) is 0 Å². The average molecular weight is 707 g/mol. The molecule has 3 fully saturated rings. The molecule has 1 atom stereocenters. The Hall–Kier alpha value is -3.75. The molecule has 3 aliphatic heterocycles. The van der Waals surface area contributed by atoms with Crippen molar-refractivity contribution >= 4 is 22.6 Å². The molecular formula is C36H40F6N4O4. The van der Waals surface area contributed by atoms with Crippen LogP contribution in [0.1, 0.15) is 42.4 Å². The summed E-state index contributed by atoms with van der Waals surface area (Å²) in [6.07, 6.45) is -8.37. The molecule has 0 unspecified atom stereocenters. The summed E-state index contributed by atoms with van der Waals surface area (Å²) in [5.41, 5.74) is 0.987. The number of carbonyl (C=O) groups is 2. The highest BCUT2D eigenvalue weighted by atomic mass is 19.4. The lowest BCUT2D eigenvalue weighted by atomic mass is 9.76. The van der Waals surface area contributed by atoms with Gasteiger partial charge >= 0.3 is 18.3 Å². The molecule has 2 N–H and O–H groups in total. The van der Waals surface area contributed by atoms with Gasteiger partial charge in [0.05, 0.1) is 30.9 Å². The van der Waals surface area contributed by atoms with Gasteiger partial charge in [-0.1, -0.05) is 42.5 Å².